The summed E-state index contributed by atoms with van der Waals surface area (Å²) in [5, 5.41) is 17.2. The molecular formula is C13H13N3OS. The highest BCUT2D eigenvalue weighted by Gasteiger charge is 2.08. The van der Waals surface area contributed by atoms with Gasteiger partial charge in [-0.3, -0.25) is 4.40 Å². The minimum Gasteiger partial charge on any atom is -0.387 e. The summed E-state index contributed by atoms with van der Waals surface area (Å²) >= 11 is 1.59. The van der Waals surface area contributed by atoms with E-state index in [1.165, 1.54) is 0 Å². The Hall–Kier alpha value is -1.85. The molecule has 0 aromatic carbocycles. The van der Waals surface area contributed by atoms with E-state index in [1.54, 1.807) is 17.5 Å². The van der Waals surface area contributed by atoms with E-state index in [0.717, 1.165) is 17.0 Å². The van der Waals surface area contributed by atoms with Gasteiger partial charge in [-0.2, -0.15) is 11.3 Å². The summed E-state index contributed by atoms with van der Waals surface area (Å²) in [4.78, 5) is 4.22. The molecule has 3 aromatic rings. The fourth-order valence-electron chi connectivity index (χ4n) is 1.88. The largest absolute Gasteiger partial charge is 0.387 e. The molecule has 3 heterocycles. The van der Waals surface area contributed by atoms with Crippen LogP contribution in [0.15, 0.2) is 47.4 Å². The van der Waals surface area contributed by atoms with Crippen LogP contribution in [-0.2, 0) is 0 Å². The molecule has 18 heavy (non-hydrogen) atoms. The number of imidazole rings is 1. The first-order chi connectivity index (χ1) is 8.84. The van der Waals surface area contributed by atoms with Gasteiger partial charge in [0.1, 0.15) is 11.5 Å². The van der Waals surface area contributed by atoms with Gasteiger partial charge in [-0.05, 0) is 34.5 Å². The predicted molar refractivity (Wildman–Crippen MR) is 73.0 cm³/mol. The van der Waals surface area contributed by atoms with E-state index in [-0.39, 0.29) is 0 Å². The lowest BCUT2D eigenvalue weighted by atomic mass is 10.2. The van der Waals surface area contributed by atoms with Crippen molar-refractivity contribution < 1.29 is 5.11 Å². The predicted octanol–water partition coefficient (Wildman–Crippen LogP) is 2.54. The standard InChI is InChI=1S/C13H13N3OS/c17-11(10-4-7-18-9-10)8-15-13-3-1-2-12-14-5-6-16(12)13/h1-7,9,11,15,17H,8H2. The Bertz CT molecular complexity index is 633. The second-order valence-corrected chi connectivity index (χ2v) is 4.80. The molecule has 0 saturated heterocycles. The lowest BCUT2D eigenvalue weighted by molar-refractivity contribution is 0.192. The summed E-state index contributed by atoms with van der Waals surface area (Å²) in [6.07, 6.45) is 3.17. The number of nitrogens with zero attached hydrogens (tertiary/aromatic N) is 2. The summed E-state index contributed by atoms with van der Waals surface area (Å²) in [6.45, 7) is 0.480. The van der Waals surface area contributed by atoms with E-state index in [1.807, 2.05) is 45.6 Å². The highest BCUT2D eigenvalue weighted by Crippen LogP contribution is 2.17. The number of anilines is 1. The topological polar surface area (TPSA) is 49.6 Å². The Morgan fingerprint density at radius 1 is 1.39 bits per heavy atom. The summed E-state index contributed by atoms with van der Waals surface area (Å²) < 4.78 is 1.96. The quantitative estimate of drug-likeness (QED) is 0.757. The molecule has 3 aromatic heterocycles. The molecule has 0 aliphatic carbocycles. The number of aromatic nitrogens is 2. The maximum absolute atomic E-state index is 10.0. The SMILES string of the molecule is OC(CNc1cccc2nccn12)c1ccsc1. The van der Waals surface area contributed by atoms with Crippen LogP contribution >= 0.6 is 11.3 Å². The van der Waals surface area contributed by atoms with Crippen LogP contribution in [0.3, 0.4) is 0 Å². The maximum atomic E-state index is 10.0. The Morgan fingerprint density at radius 2 is 2.33 bits per heavy atom. The van der Waals surface area contributed by atoms with Crippen LogP contribution < -0.4 is 5.32 Å². The minimum atomic E-state index is -0.491. The number of hydrogen-bond donors (Lipinski definition) is 2. The second-order valence-electron chi connectivity index (χ2n) is 4.02. The normalized spacial score (nSPS) is 12.7. The lowest BCUT2D eigenvalue weighted by Gasteiger charge is -2.12. The van der Waals surface area contributed by atoms with Gasteiger partial charge in [0.25, 0.3) is 0 Å². The van der Waals surface area contributed by atoms with Crippen molar-refractivity contribution in [3.63, 3.8) is 0 Å². The molecule has 0 saturated carbocycles. The Morgan fingerprint density at radius 3 is 3.17 bits per heavy atom. The molecule has 0 amide bonds. The van der Waals surface area contributed by atoms with Gasteiger partial charge in [-0.1, -0.05) is 6.07 Å². The molecular weight excluding hydrogens is 246 g/mol. The van der Waals surface area contributed by atoms with Crippen molar-refractivity contribution >= 4 is 22.8 Å². The second kappa shape index (κ2) is 4.80. The molecule has 1 atom stereocenters. The van der Waals surface area contributed by atoms with E-state index in [9.17, 15) is 5.11 Å². The van der Waals surface area contributed by atoms with Gasteiger partial charge in [0, 0.05) is 18.9 Å². The van der Waals surface area contributed by atoms with E-state index >= 15 is 0 Å². The molecule has 0 radical (unpaired) electrons. The molecule has 4 nitrogen and oxygen atoms in total. The van der Waals surface area contributed by atoms with E-state index in [0.29, 0.717) is 6.54 Å². The molecule has 0 spiro atoms. The third-order valence-electron chi connectivity index (χ3n) is 2.83. The zero-order chi connectivity index (χ0) is 12.4. The molecule has 0 fully saturated rings. The van der Waals surface area contributed by atoms with Crippen LogP contribution in [0.2, 0.25) is 0 Å². The first-order valence-corrected chi connectivity index (χ1v) is 6.65. The Labute approximate surface area is 109 Å². The Kier molecular flexibility index (Phi) is 3.00. The monoisotopic (exact) mass is 259 g/mol. The molecule has 3 rings (SSSR count). The molecule has 5 heteroatoms. The van der Waals surface area contributed by atoms with Gasteiger partial charge in [0.2, 0.25) is 0 Å². The van der Waals surface area contributed by atoms with Crippen LogP contribution in [0, 0.1) is 0 Å². The molecule has 2 N–H and O–H groups in total. The van der Waals surface area contributed by atoms with E-state index in [2.05, 4.69) is 10.3 Å². The minimum absolute atomic E-state index is 0.480. The number of nitrogens with one attached hydrogen (secondary N) is 1. The van der Waals surface area contributed by atoms with Gasteiger partial charge >= 0.3 is 0 Å². The molecule has 1 unspecified atom stereocenters. The number of fused-ring (bicyclic) bond motifs is 1. The van der Waals surface area contributed by atoms with Crippen molar-refractivity contribution in [3.8, 4) is 0 Å². The van der Waals surface area contributed by atoms with Crippen LogP contribution in [0.4, 0.5) is 5.82 Å². The molecule has 0 bridgehead atoms. The smallest absolute Gasteiger partial charge is 0.138 e. The molecule has 0 aliphatic rings. The summed E-state index contributed by atoms with van der Waals surface area (Å²) in [5.74, 6) is 0.930. The number of aliphatic hydroxyl groups excluding tert-OH is 1. The number of aliphatic hydroxyl groups is 1. The van der Waals surface area contributed by atoms with Crippen molar-refractivity contribution in [3.05, 3.63) is 53.0 Å². The number of hydrogen-bond acceptors (Lipinski definition) is 4. The third kappa shape index (κ3) is 2.10. The molecule has 0 aliphatic heterocycles. The zero-order valence-electron chi connectivity index (χ0n) is 9.65. The number of rotatable bonds is 4. The van der Waals surface area contributed by atoms with Gasteiger partial charge in [0.05, 0.1) is 6.10 Å². The summed E-state index contributed by atoms with van der Waals surface area (Å²) in [5.41, 5.74) is 1.84. The zero-order valence-corrected chi connectivity index (χ0v) is 10.5. The Balaban J connectivity index is 1.75. The summed E-state index contributed by atoms with van der Waals surface area (Å²) in [6, 6.07) is 7.80. The van der Waals surface area contributed by atoms with Crippen molar-refractivity contribution in [2.75, 3.05) is 11.9 Å². The van der Waals surface area contributed by atoms with Crippen LogP contribution in [0.25, 0.3) is 5.65 Å². The van der Waals surface area contributed by atoms with Crippen molar-refractivity contribution in [1.82, 2.24) is 9.38 Å². The van der Waals surface area contributed by atoms with Crippen molar-refractivity contribution in [2.45, 2.75) is 6.10 Å². The first kappa shape index (κ1) is 11.3. The number of thiophene rings is 1. The average molecular weight is 259 g/mol. The highest BCUT2D eigenvalue weighted by atomic mass is 32.1. The highest BCUT2D eigenvalue weighted by molar-refractivity contribution is 7.07. The fourth-order valence-corrected chi connectivity index (χ4v) is 2.58. The lowest BCUT2D eigenvalue weighted by Crippen LogP contribution is -2.13. The van der Waals surface area contributed by atoms with Gasteiger partial charge in [-0.25, -0.2) is 4.98 Å². The maximum Gasteiger partial charge on any atom is 0.138 e. The summed E-state index contributed by atoms with van der Waals surface area (Å²) in [7, 11) is 0. The third-order valence-corrected chi connectivity index (χ3v) is 3.53. The van der Waals surface area contributed by atoms with Crippen molar-refractivity contribution in [2.24, 2.45) is 0 Å². The van der Waals surface area contributed by atoms with Crippen LogP contribution in [0.5, 0.6) is 0 Å². The molecule has 92 valence electrons. The van der Waals surface area contributed by atoms with E-state index < -0.39 is 6.10 Å². The van der Waals surface area contributed by atoms with Crippen LogP contribution in [0.1, 0.15) is 11.7 Å². The first-order valence-electron chi connectivity index (χ1n) is 5.71. The van der Waals surface area contributed by atoms with Gasteiger partial charge in [0.15, 0.2) is 0 Å². The van der Waals surface area contributed by atoms with Gasteiger partial charge < -0.3 is 10.4 Å². The fraction of sp³-hybridized carbons (Fsp3) is 0.154. The van der Waals surface area contributed by atoms with Crippen molar-refractivity contribution in [1.29, 1.82) is 0 Å². The van der Waals surface area contributed by atoms with E-state index in [4.69, 9.17) is 0 Å². The van der Waals surface area contributed by atoms with Gasteiger partial charge in [-0.15, -0.1) is 0 Å². The van der Waals surface area contributed by atoms with Crippen LogP contribution in [-0.4, -0.2) is 21.0 Å². The number of pyridine rings is 1. The average Bonchev–Trinajstić information content (AvgIpc) is 3.05.